The lowest BCUT2D eigenvalue weighted by Crippen LogP contribution is -2.27. The van der Waals surface area contributed by atoms with Crippen LogP contribution in [0.5, 0.6) is 0 Å². The van der Waals surface area contributed by atoms with E-state index in [0.29, 0.717) is 12.1 Å². The molecule has 3 aromatic rings. The quantitative estimate of drug-likeness (QED) is 0.622. The molecule has 1 aliphatic heterocycles. The molecule has 3 nitrogen and oxygen atoms in total. The maximum absolute atomic E-state index is 3.87. The Hall–Kier alpha value is -2.36. The number of aryl methyl sites for hydroxylation is 1. The van der Waals surface area contributed by atoms with Crippen molar-refractivity contribution in [2.45, 2.75) is 38.3 Å². The van der Waals surface area contributed by atoms with Gasteiger partial charge in [-0.2, -0.15) is 0 Å². The number of aromatic nitrogens is 1. The zero-order chi connectivity index (χ0) is 18.2. The molecular weight excluding hydrogens is 330 g/mol. The topological polar surface area (TPSA) is 39.9 Å². The molecule has 0 fully saturated rings. The van der Waals surface area contributed by atoms with Crippen LogP contribution in [0.3, 0.4) is 0 Å². The Morgan fingerprint density at radius 3 is 2.81 bits per heavy atom. The number of hydrogen-bond donors (Lipinski definition) is 3. The third-order valence-corrected chi connectivity index (χ3v) is 6.14. The molecule has 2 unspecified atom stereocenters. The Labute approximate surface area is 160 Å². The summed E-state index contributed by atoms with van der Waals surface area (Å²) < 4.78 is 0. The van der Waals surface area contributed by atoms with Gasteiger partial charge in [-0.15, -0.1) is 0 Å². The van der Waals surface area contributed by atoms with Crippen molar-refractivity contribution in [2.24, 2.45) is 0 Å². The van der Waals surface area contributed by atoms with Crippen molar-refractivity contribution in [1.29, 1.82) is 0 Å². The molecule has 0 bridgehead atoms. The van der Waals surface area contributed by atoms with Crippen LogP contribution in [-0.4, -0.2) is 18.1 Å². The lowest BCUT2D eigenvalue weighted by molar-refractivity contribution is 0.410. The highest BCUT2D eigenvalue weighted by atomic mass is 15.0. The highest BCUT2D eigenvalue weighted by molar-refractivity contribution is 5.89. The van der Waals surface area contributed by atoms with Gasteiger partial charge in [0.1, 0.15) is 0 Å². The van der Waals surface area contributed by atoms with E-state index >= 15 is 0 Å². The van der Waals surface area contributed by atoms with E-state index in [1.54, 1.807) is 0 Å². The summed E-state index contributed by atoms with van der Waals surface area (Å²) in [5.74, 6) is 0. The Bertz CT molecular complexity index is 984. The smallest absolute Gasteiger partial charge is 0.0480 e. The van der Waals surface area contributed by atoms with Crippen molar-refractivity contribution < 1.29 is 0 Å². The number of benzene rings is 2. The SMILES string of the molecule is CC(NC1CCCc2c1[nH]c1ccc(C3=CCNC3)cc21)c1ccccc1. The molecule has 0 radical (unpaired) electrons. The molecule has 0 amide bonds. The van der Waals surface area contributed by atoms with Crippen LogP contribution in [0.2, 0.25) is 0 Å². The van der Waals surface area contributed by atoms with Gasteiger partial charge in [0, 0.05) is 41.8 Å². The Morgan fingerprint density at radius 2 is 2.00 bits per heavy atom. The Balaban J connectivity index is 1.47. The summed E-state index contributed by atoms with van der Waals surface area (Å²) in [7, 11) is 0. The van der Waals surface area contributed by atoms with E-state index < -0.39 is 0 Å². The summed E-state index contributed by atoms with van der Waals surface area (Å²) in [5.41, 5.74) is 8.33. The number of aromatic amines is 1. The van der Waals surface area contributed by atoms with E-state index in [0.717, 1.165) is 13.1 Å². The minimum atomic E-state index is 0.346. The first-order chi connectivity index (χ1) is 13.3. The molecule has 3 heteroatoms. The zero-order valence-corrected chi connectivity index (χ0v) is 15.9. The van der Waals surface area contributed by atoms with E-state index in [-0.39, 0.29) is 0 Å². The Morgan fingerprint density at radius 1 is 1.11 bits per heavy atom. The molecule has 2 aliphatic rings. The third kappa shape index (κ3) is 3.11. The molecule has 0 saturated carbocycles. The standard InChI is InChI=1S/C24H27N3/c1-16(17-6-3-2-4-7-17)26-23-9-5-8-20-21-14-18(19-12-13-25-15-19)10-11-22(21)27-24(20)23/h2-4,6-7,10-12,14,16,23,25-27H,5,8-9,13,15H2,1H3. The highest BCUT2D eigenvalue weighted by Gasteiger charge is 2.26. The van der Waals surface area contributed by atoms with Crippen molar-refractivity contribution in [3.63, 3.8) is 0 Å². The van der Waals surface area contributed by atoms with Crippen LogP contribution >= 0.6 is 0 Å². The Kier molecular flexibility index (Phi) is 4.35. The van der Waals surface area contributed by atoms with Crippen LogP contribution in [0.1, 0.15) is 54.2 Å². The molecule has 2 atom stereocenters. The molecule has 5 rings (SSSR count). The number of H-pyrrole nitrogens is 1. The molecular formula is C24H27N3. The number of rotatable bonds is 4. The second-order valence-corrected chi connectivity index (χ2v) is 7.88. The van der Waals surface area contributed by atoms with Gasteiger partial charge in [0.25, 0.3) is 0 Å². The van der Waals surface area contributed by atoms with Crippen molar-refractivity contribution in [3.8, 4) is 0 Å². The molecule has 0 spiro atoms. The summed E-state index contributed by atoms with van der Waals surface area (Å²) in [5, 5.41) is 8.69. The molecule has 138 valence electrons. The van der Waals surface area contributed by atoms with Gasteiger partial charge < -0.3 is 15.6 Å². The third-order valence-electron chi connectivity index (χ3n) is 6.14. The fourth-order valence-corrected chi connectivity index (χ4v) is 4.66. The fraction of sp³-hybridized carbons (Fsp3) is 0.333. The minimum Gasteiger partial charge on any atom is -0.357 e. The van der Waals surface area contributed by atoms with Gasteiger partial charge in [0.2, 0.25) is 0 Å². The predicted molar refractivity (Wildman–Crippen MR) is 113 cm³/mol. The first-order valence-corrected chi connectivity index (χ1v) is 10.2. The normalized spacial score (nSPS) is 20.5. The number of hydrogen-bond acceptors (Lipinski definition) is 2. The molecule has 1 aliphatic carbocycles. The molecule has 2 aromatic carbocycles. The van der Waals surface area contributed by atoms with E-state index in [9.17, 15) is 0 Å². The van der Waals surface area contributed by atoms with Crippen LogP contribution in [0, 0.1) is 0 Å². The largest absolute Gasteiger partial charge is 0.357 e. The van der Waals surface area contributed by atoms with E-state index in [1.165, 1.54) is 58.1 Å². The lowest BCUT2D eigenvalue weighted by Gasteiger charge is -2.27. The number of nitrogens with one attached hydrogen (secondary N) is 3. The average Bonchev–Trinajstić information content (AvgIpc) is 3.37. The average molecular weight is 358 g/mol. The van der Waals surface area contributed by atoms with Crippen molar-refractivity contribution in [3.05, 3.63) is 77.0 Å². The van der Waals surface area contributed by atoms with Crippen LogP contribution in [-0.2, 0) is 6.42 Å². The van der Waals surface area contributed by atoms with Crippen molar-refractivity contribution >= 4 is 16.5 Å². The predicted octanol–water partition coefficient (Wildman–Crippen LogP) is 4.88. The van der Waals surface area contributed by atoms with Gasteiger partial charge in [-0.1, -0.05) is 42.5 Å². The maximum Gasteiger partial charge on any atom is 0.0480 e. The second kappa shape index (κ2) is 6.99. The molecule has 1 aromatic heterocycles. The monoisotopic (exact) mass is 357 g/mol. The summed E-state index contributed by atoms with van der Waals surface area (Å²) in [4.78, 5) is 3.74. The highest BCUT2D eigenvalue weighted by Crippen LogP contribution is 2.37. The molecule has 3 N–H and O–H groups in total. The van der Waals surface area contributed by atoms with E-state index in [4.69, 9.17) is 0 Å². The number of fused-ring (bicyclic) bond motifs is 3. The second-order valence-electron chi connectivity index (χ2n) is 7.88. The minimum absolute atomic E-state index is 0.346. The van der Waals surface area contributed by atoms with Gasteiger partial charge in [0.05, 0.1) is 0 Å². The molecule has 2 heterocycles. The summed E-state index contributed by atoms with van der Waals surface area (Å²) >= 11 is 0. The maximum atomic E-state index is 3.87. The van der Waals surface area contributed by atoms with Gasteiger partial charge in [-0.05, 0) is 60.6 Å². The van der Waals surface area contributed by atoms with Gasteiger partial charge >= 0.3 is 0 Å². The van der Waals surface area contributed by atoms with Crippen molar-refractivity contribution in [1.82, 2.24) is 15.6 Å². The summed E-state index contributed by atoms with van der Waals surface area (Å²) in [6.45, 7) is 4.24. The van der Waals surface area contributed by atoms with E-state index in [2.05, 4.69) is 77.1 Å². The van der Waals surface area contributed by atoms with Gasteiger partial charge in [-0.25, -0.2) is 0 Å². The molecule has 27 heavy (non-hydrogen) atoms. The van der Waals surface area contributed by atoms with Gasteiger partial charge in [-0.3, -0.25) is 0 Å². The summed E-state index contributed by atoms with van der Waals surface area (Å²) in [6.07, 6.45) is 5.92. The van der Waals surface area contributed by atoms with Crippen LogP contribution in [0.25, 0.3) is 16.5 Å². The zero-order valence-electron chi connectivity index (χ0n) is 15.9. The molecule has 0 saturated heterocycles. The first-order valence-electron chi connectivity index (χ1n) is 10.2. The van der Waals surface area contributed by atoms with Crippen LogP contribution in [0.4, 0.5) is 0 Å². The lowest BCUT2D eigenvalue weighted by atomic mass is 9.90. The fourth-order valence-electron chi connectivity index (χ4n) is 4.66. The summed E-state index contributed by atoms with van der Waals surface area (Å²) in [6, 6.07) is 18.4. The van der Waals surface area contributed by atoms with Crippen molar-refractivity contribution in [2.75, 3.05) is 13.1 Å². The van der Waals surface area contributed by atoms with Gasteiger partial charge in [0.15, 0.2) is 0 Å². The van der Waals surface area contributed by atoms with Crippen LogP contribution in [0.15, 0.2) is 54.6 Å². The van der Waals surface area contributed by atoms with Crippen LogP contribution < -0.4 is 10.6 Å². The first kappa shape index (κ1) is 16.8. The van der Waals surface area contributed by atoms with E-state index in [1.807, 2.05) is 0 Å².